The fourth-order valence-electron chi connectivity index (χ4n) is 1.73. The fraction of sp³-hybridized carbons (Fsp3) is 0.200. The molecule has 0 fully saturated rings. The Balaban J connectivity index is 1.72. The first-order chi connectivity index (χ1) is 10.1. The van der Waals surface area contributed by atoms with E-state index in [1.807, 2.05) is 12.1 Å². The molecule has 0 spiro atoms. The van der Waals surface area contributed by atoms with E-state index in [9.17, 15) is 10.1 Å². The van der Waals surface area contributed by atoms with Crippen LogP contribution in [-0.4, -0.2) is 18.1 Å². The number of non-ortho nitro benzene ring substituents is 1. The first-order valence-electron chi connectivity index (χ1n) is 6.51. The van der Waals surface area contributed by atoms with Gasteiger partial charge in [0.05, 0.1) is 24.2 Å². The van der Waals surface area contributed by atoms with Crippen LogP contribution in [0, 0.1) is 10.1 Å². The first kappa shape index (κ1) is 14.6. The number of benzene rings is 2. The van der Waals surface area contributed by atoms with E-state index in [2.05, 4.69) is 0 Å². The number of nitrogens with two attached hydrogens (primary N) is 1. The molecule has 0 aliphatic carbocycles. The summed E-state index contributed by atoms with van der Waals surface area (Å²) in [5.74, 6) is 1.19. The van der Waals surface area contributed by atoms with Gasteiger partial charge in [-0.2, -0.15) is 0 Å². The molecular formula is C15H16N2O4. The second-order valence-electron chi connectivity index (χ2n) is 4.38. The Morgan fingerprint density at radius 1 is 1.00 bits per heavy atom. The van der Waals surface area contributed by atoms with E-state index >= 15 is 0 Å². The number of nitro benzene ring substituents is 1. The summed E-state index contributed by atoms with van der Waals surface area (Å²) in [5.41, 5.74) is 6.31. The smallest absolute Gasteiger partial charge is 0.273 e. The van der Waals surface area contributed by atoms with Crippen molar-refractivity contribution in [3.8, 4) is 11.5 Å². The SMILES string of the molecule is Nc1cccc(OCCCOc2cccc([N+](=O)[O-])c2)c1. The zero-order valence-corrected chi connectivity index (χ0v) is 11.4. The van der Waals surface area contributed by atoms with Gasteiger partial charge in [-0.25, -0.2) is 0 Å². The van der Waals surface area contributed by atoms with Crippen LogP contribution in [0.15, 0.2) is 48.5 Å². The van der Waals surface area contributed by atoms with E-state index in [-0.39, 0.29) is 5.69 Å². The lowest BCUT2D eigenvalue weighted by Crippen LogP contribution is -2.05. The zero-order chi connectivity index (χ0) is 15.1. The molecule has 0 saturated carbocycles. The van der Waals surface area contributed by atoms with Crippen molar-refractivity contribution in [3.05, 3.63) is 58.6 Å². The summed E-state index contributed by atoms with van der Waals surface area (Å²) in [4.78, 5) is 10.2. The number of nitrogens with zero attached hydrogens (tertiary/aromatic N) is 1. The molecule has 6 heteroatoms. The lowest BCUT2D eigenvalue weighted by atomic mass is 10.3. The normalized spacial score (nSPS) is 10.1. The summed E-state index contributed by atoms with van der Waals surface area (Å²) in [6, 6.07) is 13.3. The molecule has 0 amide bonds. The summed E-state index contributed by atoms with van der Waals surface area (Å²) in [5, 5.41) is 10.6. The summed E-state index contributed by atoms with van der Waals surface area (Å²) >= 11 is 0. The van der Waals surface area contributed by atoms with Gasteiger partial charge in [0.1, 0.15) is 11.5 Å². The van der Waals surface area contributed by atoms with Crippen LogP contribution < -0.4 is 15.2 Å². The van der Waals surface area contributed by atoms with E-state index in [1.165, 1.54) is 12.1 Å². The number of rotatable bonds is 7. The van der Waals surface area contributed by atoms with Gasteiger partial charge < -0.3 is 15.2 Å². The minimum Gasteiger partial charge on any atom is -0.493 e. The lowest BCUT2D eigenvalue weighted by Gasteiger charge is -2.08. The van der Waals surface area contributed by atoms with Gasteiger partial charge in [0.15, 0.2) is 0 Å². The average molecular weight is 288 g/mol. The van der Waals surface area contributed by atoms with Crippen molar-refractivity contribution in [2.75, 3.05) is 18.9 Å². The summed E-state index contributed by atoms with van der Waals surface area (Å²) in [6.07, 6.45) is 0.664. The molecule has 2 aromatic carbocycles. The van der Waals surface area contributed by atoms with Crippen LogP contribution in [0.25, 0.3) is 0 Å². The zero-order valence-electron chi connectivity index (χ0n) is 11.4. The average Bonchev–Trinajstić information content (AvgIpc) is 2.47. The number of hydrogen-bond donors (Lipinski definition) is 1. The van der Waals surface area contributed by atoms with Gasteiger partial charge in [-0.15, -0.1) is 0 Å². The van der Waals surface area contributed by atoms with Crippen LogP contribution in [0.5, 0.6) is 11.5 Å². The van der Waals surface area contributed by atoms with Crippen LogP contribution >= 0.6 is 0 Å². The molecule has 0 aliphatic rings. The van der Waals surface area contributed by atoms with Crippen molar-refractivity contribution in [3.63, 3.8) is 0 Å². The minimum absolute atomic E-state index is 0.0171. The Morgan fingerprint density at radius 2 is 1.62 bits per heavy atom. The minimum atomic E-state index is -0.449. The molecule has 0 unspecified atom stereocenters. The summed E-state index contributed by atoms with van der Waals surface area (Å²) in [6.45, 7) is 0.905. The van der Waals surface area contributed by atoms with Crippen molar-refractivity contribution in [2.45, 2.75) is 6.42 Å². The van der Waals surface area contributed by atoms with E-state index < -0.39 is 4.92 Å². The van der Waals surface area contributed by atoms with Gasteiger partial charge in [0.2, 0.25) is 0 Å². The molecule has 0 aromatic heterocycles. The number of anilines is 1. The quantitative estimate of drug-likeness (QED) is 0.366. The van der Waals surface area contributed by atoms with Crippen molar-refractivity contribution in [1.29, 1.82) is 0 Å². The summed E-state index contributed by atoms with van der Waals surface area (Å²) in [7, 11) is 0. The number of hydrogen-bond acceptors (Lipinski definition) is 5. The highest BCUT2D eigenvalue weighted by atomic mass is 16.6. The predicted octanol–water partition coefficient (Wildman–Crippen LogP) is 3.02. The molecule has 0 radical (unpaired) electrons. The Morgan fingerprint density at radius 3 is 2.24 bits per heavy atom. The van der Waals surface area contributed by atoms with E-state index in [4.69, 9.17) is 15.2 Å². The maximum absolute atomic E-state index is 10.6. The van der Waals surface area contributed by atoms with Gasteiger partial charge in [-0.05, 0) is 18.2 Å². The van der Waals surface area contributed by atoms with E-state index in [1.54, 1.807) is 24.3 Å². The van der Waals surface area contributed by atoms with Gasteiger partial charge >= 0.3 is 0 Å². The second-order valence-corrected chi connectivity index (χ2v) is 4.38. The molecule has 0 saturated heterocycles. The highest BCUT2D eigenvalue weighted by Gasteiger charge is 2.05. The molecule has 110 valence electrons. The Bertz CT molecular complexity index is 616. The van der Waals surface area contributed by atoms with Crippen LogP contribution in [0.1, 0.15) is 6.42 Å². The van der Waals surface area contributed by atoms with Crippen molar-refractivity contribution in [2.24, 2.45) is 0 Å². The monoisotopic (exact) mass is 288 g/mol. The third-order valence-corrected chi connectivity index (χ3v) is 2.71. The third-order valence-electron chi connectivity index (χ3n) is 2.71. The van der Waals surface area contributed by atoms with Gasteiger partial charge in [0, 0.05) is 24.2 Å². The molecule has 2 N–H and O–H groups in total. The maximum Gasteiger partial charge on any atom is 0.273 e. The molecule has 21 heavy (non-hydrogen) atoms. The maximum atomic E-state index is 10.6. The Hall–Kier alpha value is -2.76. The molecule has 6 nitrogen and oxygen atoms in total. The predicted molar refractivity (Wildman–Crippen MR) is 79.6 cm³/mol. The molecule has 2 aromatic rings. The van der Waals surface area contributed by atoms with Crippen molar-refractivity contribution in [1.82, 2.24) is 0 Å². The van der Waals surface area contributed by atoms with Gasteiger partial charge in [-0.3, -0.25) is 10.1 Å². The largest absolute Gasteiger partial charge is 0.493 e. The molecular weight excluding hydrogens is 272 g/mol. The van der Waals surface area contributed by atoms with Crippen LogP contribution in [0.2, 0.25) is 0 Å². The molecule has 2 rings (SSSR count). The van der Waals surface area contributed by atoms with Crippen LogP contribution in [0.4, 0.5) is 11.4 Å². The van der Waals surface area contributed by atoms with Gasteiger partial charge in [-0.1, -0.05) is 12.1 Å². The Kier molecular flexibility index (Phi) is 4.98. The van der Waals surface area contributed by atoms with Crippen LogP contribution in [-0.2, 0) is 0 Å². The third kappa shape index (κ3) is 4.68. The van der Waals surface area contributed by atoms with Crippen molar-refractivity contribution >= 4 is 11.4 Å². The molecule has 0 bridgehead atoms. The molecule has 0 atom stereocenters. The number of nitrogen functional groups attached to an aromatic ring is 1. The van der Waals surface area contributed by atoms with E-state index in [0.29, 0.717) is 36.8 Å². The summed E-state index contributed by atoms with van der Waals surface area (Å²) < 4.78 is 11.0. The van der Waals surface area contributed by atoms with Gasteiger partial charge in [0.25, 0.3) is 5.69 Å². The molecule has 0 aliphatic heterocycles. The Labute approximate surface area is 122 Å². The molecule has 0 heterocycles. The highest BCUT2D eigenvalue weighted by molar-refractivity contribution is 5.43. The lowest BCUT2D eigenvalue weighted by molar-refractivity contribution is -0.384. The van der Waals surface area contributed by atoms with Crippen molar-refractivity contribution < 1.29 is 14.4 Å². The first-order valence-corrected chi connectivity index (χ1v) is 6.51. The number of ether oxygens (including phenoxy) is 2. The topological polar surface area (TPSA) is 87.6 Å². The number of nitro groups is 1. The van der Waals surface area contributed by atoms with E-state index in [0.717, 1.165) is 0 Å². The highest BCUT2D eigenvalue weighted by Crippen LogP contribution is 2.19. The fourth-order valence-corrected chi connectivity index (χ4v) is 1.73. The second kappa shape index (κ2) is 7.14. The van der Waals surface area contributed by atoms with Crippen LogP contribution in [0.3, 0.4) is 0 Å². The standard InChI is InChI=1S/C15H16N2O4/c16-12-4-1-6-14(10-12)20-8-3-9-21-15-7-2-5-13(11-15)17(18)19/h1-2,4-7,10-11H,3,8-9,16H2.